The number of aryl methyl sites for hydroxylation is 1. The third kappa shape index (κ3) is 6.88. The number of nitrogens with two attached hydrogens (primary N) is 1. The smallest absolute Gasteiger partial charge is 0.248 e. The maximum Gasteiger partial charge on any atom is 0.248 e. The molecule has 0 radical (unpaired) electrons. The summed E-state index contributed by atoms with van der Waals surface area (Å²) >= 11 is 0. The van der Waals surface area contributed by atoms with Crippen LogP contribution >= 0.6 is 0 Å². The minimum Gasteiger partial charge on any atom is -0.366 e. The van der Waals surface area contributed by atoms with Crippen molar-refractivity contribution >= 4 is 27.4 Å². The molecule has 0 aliphatic carbocycles. The van der Waals surface area contributed by atoms with Gasteiger partial charge >= 0.3 is 0 Å². The maximum absolute atomic E-state index is 12.7. The molecule has 1 aromatic heterocycles. The number of hydrogen-bond donors (Lipinski definition) is 3. The normalized spacial score (nSPS) is 11.4. The van der Waals surface area contributed by atoms with Crippen LogP contribution in [0.15, 0.2) is 82.9 Å². The first kappa shape index (κ1) is 23.4. The number of nitrogens with one attached hydrogen (secondary N) is 2. The lowest BCUT2D eigenvalue weighted by Gasteiger charge is -2.08. The number of nitriles is 1. The molecule has 3 rings (SSSR count). The topological polar surface area (TPSA) is 150 Å². The van der Waals surface area contributed by atoms with E-state index in [2.05, 4.69) is 20.6 Å². The number of rotatable bonds is 8. The van der Waals surface area contributed by atoms with Crippen LogP contribution in [0.2, 0.25) is 0 Å². The molecule has 0 saturated carbocycles. The molecule has 0 aliphatic heterocycles. The van der Waals surface area contributed by atoms with Gasteiger partial charge < -0.3 is 11.1 Å². The molecular weight excluding hydrogens is 440 g/mol. The molecule has 0 bridgehead atoms. The summed E-state index contributed by atoms with van der Waals surface area (Å²) in [6, 6.07) is 16.5. The highest BCUT2D eigenvalue weighted by Gasteiger charge is 2.15. The van der Waals surface area contributed by atoms with Crippen LogP contribution in [0.1, 0.15) is 21.5 Å². The molecule has 0 atom stereocenters. The molecule has 0 aliphatic rings. The molecule has 33 heavy (non-hydrogen) atoms. The quantitative estimate of drug-likeness (QED) is 0.201. The van der Waals surface area contributed by atoms with E-state index >= 15 is 0 Å². The fourth-order valence-corrected chi connectivity index (χ4v) is 4.25. The minimum atomic E-state index is -3.51. The van der Waals surface area contributed by atoms with Crippen LogP contribution in [0.25, 0.3) is 0 Å². The van der Waals surface area contributed by atoms with Gasteiger partial charge in [-0.25, -0.2) is 13.4 Å². The van der Waals surface area contributed by atoms with Crippen molar-refractivity contribution < 1.29 is 13.2 Å². The number of pyridine rings is 1. The predicted octanol–water partition coefficient (Wildman–Crippen LogP) is 2.24. The lowest BCUT2D eigenvalue weighted by molar-refractivity contribution is 0.1000. The number of amides is 1. The average Bonchev–Trinajstić information content (AvgIpc) is 2.82. The molecule has 1 heterocycles. The number of anilines is 1. The van der Waals surface area contributed by atoms with Crippen molar-refractivity contribution in [2.24, 2.45) is 10.7 Å². The third-order valence-corrected chi connectivity index (χ3v) is 6.42. The molecule has 168 valence electrons. The van der Waals surface area contributed by atoms with Gasteiger partial charge in [-0.3, -0.25) is 15.1 Å². The summed E-state index contributed by atoms with van der Waals surface area (Å²) in [7, 11) is -3.51. The van der Waals surface area contributed by atoms with Gasteiger partial charge in [0.15, 0.2) is 16.0 Å². The van der Waals surface area contributed by atoms with Crippen LogP contribution in [0.4, 0.5) is 5.69 Å². The van der Waals surface area contributed by atoms with Crippen LogP contribution in [-0.2, 0) is 22.8 Å². The summed E-state index contributed by atoms with van der Waals surface area (Å²) < 4.78 is 25.4. The first-order chi connectivity index (χ1) is 15.9. The predicted molar refractivity (Wildman–Crippen MR) is 125 cm³/mol. The van der Waals surface area contributed by atoms with Gasteiger partial charge in [0.25, 0.3) is 0 Å². The number of primary amides is 1. The highest BCUT2D eigenvalue weighted by Crippen LogP contribution is 2.16. The first-order valence-electron chi connectivity index (χ1n) is 9.94. The zero-order chi connectivity index (χ0) is 23.7. The Morgan fingerprint density at radius 1 is 1.06 bits per heavy atom. The van der Waals surface area contributed by atoms with Crippen LogP contribution in [0, 0.1) is 11.5 Å². The summed E-state index contributed by atoms with van der Waals surface area (Å²) in [6.45, 7) is 0.238. The summed E-state index contributed by atoms with van der Waals surface area (Å²) in [4.78, 5) is 19.8. The van der Waals surface area contributed by atoms with E-state index in [1.807, 2.05) is 6.19 Å². The second kappa shape index (κ2) is 10.9. The van der Waals surface area contributed by atoms with Gasteiger partial charge in [0.05, 0.1) is 17.2 Å². The Labute approximate surface area is 191 Å². The molecule has 0 fully saturated rings. The number of benzene rings is 2. The van der Waals surface area contributed by atoms with Crippen molar-refractivity contribution in [3.63, 3.8) is 0 Å². The Kier molecular flexibility index (Phi) is 7.73. The SMILES string of the molecule is N#CNC(=NCc1ccc(S(=O)(=O)CCc2cccc(C(N)=O)c2)cc1)Nc1ccncc1. The summed E-state index contributed by atoms with van der Waals surface area (Å²) in [6.07, 6.45) is 5.31. The molecule has 10 heteroatoms. The highest BCUT2D eigenvalue weighted by molar-refractivity contribution is 7.91. The molecule has 0 saturated heterocycles. The number of sulfone groups is 1. The maximum atomic E-state index is 12.7. The summed E-state index contributed by atoms with van der Waals surface area (Å²) in [5, 5.41) is 14.4. The van der Waals surface area contributed by atoms with E-state index in [9.17, 15) is 13.2 Å². The number of carbonyl (C=O) groups excluding carboxylic acids is 1. The molecule has 1 amide bonds. The second-order valence-electron chi connectivity index (χ2n) is 7.04. The van der Waals surface area contributed by atoms with Gasteiger partial charge in [-0.15, -0.1) is 0 Å². The minimum absolute atomic E-state index is 0.0984. The number of hydrogen-bond acceptors (Lipinski definition) is 6. The van der Waals surface area contributed by atoms with Crippen molar-refractivity contribution in [1.29, 1.82) is 5.26 Å². The molecule has 2 aromatic carbocycles. The van der Waals surface area contributed by atoms with Gasteiger partial charge in [0, 0.05) is 23.6 Å². The van der Waals surface area contributed by atoms with Crippen molar-refractivity contribution in [2.75, 3.05) is 11.1 Å². The molecule has 3 aromatic rings. The Balaban J connectivity index is 1.64. The van der Waals surface area contributed by atoms with Gasteiger partial charge in [0.2, 0.25) is 11.9 Å². The van der Waals surface area contributed by atoms with Gasteiger partial charge in [-0.05, 0) is 53.9 Å². The number of aromatic nitrogens is 1. The fraction of sp³-hybridized carbons (Fsp3) is 0.130. The Morgan fingerprint density at radius 3 is 2.45 bits per heavy atom. The van der Waals surface area contributed by atoms with Crippen LogP contribution < -0.4 is 16.4 Å². The standard InChI is InChI=1S/C23H22N6O3S/c24-16-28-23(29-20-8-11-26-12-9-20)27-15-18-4-6-21(7-5-18)33(31,32)13-10-17-2-1-3-19(14-17)22(25)30/h1-9,11-12,14H,10,13,15H2,(H2,25,30)(H2,26,27,28,29). The second-order valence-corrected chi connectivity index (χ2v) is 9.15. The molecule has 9 nitrogen and oxygen atoms in total. The van der Waals surface area contributed by atoms with Gasteiger partial charge in [-0.2, -0.15) is 5.26 Å². The molecule has 0 spiro atoms. The molecular formula is C23H22N6O3S. The zero-order valence-electron chi connectivity index (χ0n) is 17.6. The third-order valence-electron chi connectivity index (χ3n) is 4.69. The lowest BCUT2D eigenvalue weighted by atomic mass is 10.1. The van der Waals surface area contributed by atoms with E-state index < -0.39 is 15.7 Å². The van der Waals surface area contributed by atoms with E-state index in [0.29, 0.717) is 11.3 Å². The van der Waals surface area contributed by atoms with Crippen molar-refractivity contribution in [1.82, 2.24) is 10.3 Å². The van der Waals surface area contributed by atoms with Gasteiger partial charge in [0.1, 0.15) is 0 Å². The van der Waals surface area contributed by atoms with Crippen molar-refractivity contribution in [2.45, 2.75) is 17.9 Å². The Bertz CT molecular complexity index is 1280. The zero-order valence-corrected chi connectivity index (χ0v) is 18.4. The van der Waals surface area contributed by atoms with Crippen LogP contribution in [0.5, 0.6) is 0 Å². The number of carbonyl (C=O) groups is 1. The monoisotopic (exact) mass is 462 g/mol. The van der Waals surface area contributed by atoms with Crippen LogP contribution in [-0.4, -0.2) is 31.0 Å². The van der Waals surface area contributed by atoms with E-state index in [-0.39, 0.29) is 29.6 Å². The molecule has 0 unspecified atom stereocenters. The summed E-state index contributed by atoms with van der Waals surface area (Å²) in [5.41, 5.74) is 7.84. The number of guanidine groups is 1. The largest absolute Gasteiger partial charge is 0.366 e. The fourth-order valence-electron chi connectivity index (χ4n) is 2.96. The Morgan fingerprint density at radius 2 is 1.79 bits per heavy atom. The average molecular weight is 463 g/mol. The number of nitrogens with zero attached hydrogens (tertiary/aromatic N) is 3. The van der Waals surface area contributed by atoms with Crippen LogP contribution in [0.3, 0.4) is 0 Å². The van der Waals surface area contributed by atoms with E-state index in [1.165, 1.54) is 12.1 Å². The van der Waals surface area contributed by atoms with E-state index in [4.69, 9.17) is 11.0 Å². The van der Waals surface area contributed by atoms with Gasteiger partial charge in [-0.1, -0.05) is 24.3 Å². The van der Waals surface area contributed by atoms with Crippen molar-refractivity contribution in [3.8, 4) is 6.19 Å². The first-order valence-corrected chi connectivity index (χ1v) is 11.6. The number of aliphatic imine (C=N–C) groups is 1. The van der Waals surface area contributed by atoms with E-state index in [1.54, 1.807) is 60.9 Å². The highest BCUT2D eigenvalue weighted by atomic mass is 32.2. The van der Waals surface area contributed by atoms with E-state index in [0.717, 1.165) is 11.1 Å². The molecule has 4 N–H and O–H groups in total. The Hall–Kier alpha value is -4.23. The lowest BCUT2D eigenvalue weighted by Crippen LogP contribution is -2.26. The van der Waals surface area contributed by atoms with Crippen molar-refractivity contribution in [3.05, 3.63) is 89.7 Å². The summed E-state index contributed by atoms with van der Waals surface area (Å²) in [5.74, 6) is -0.389.